The molecule has 0 heterocycles. The summed E-state index contributed by atoms with van der Waals surface area (Å²) in [6.07, 6.45) is 48.6. The molecule has 0 amide bonds. The zero-order chi connectivity index (χ0) is 25.3. The topological polar surface area (TPSA) is 17.1 Å². The molecule has 0 aromatic heterocycles. The van der Waals surface area contributed by atoms with Crippen LogP contribution in [0.4, 0.5) is 0 Å². The Kier molecular flexibility index (Phi) is 32.3. The minimum absolute atomic E-state index is 0.826. The van der Waals surface area contributed by atoms with Crippen LogP contribution in [0.3, 0.4) is 0 Å². The molecule has 0 rings (SSSR count). The predicted molar refractivity (Wildman–Crippen MR) is 159 cm³/mol. The first-order valence-electron chi connectivity index (χ1n) is 16.2. The Hall–Kier alpha value is -0.850. The number of allylic oxidation sites excluding steroid dienone is 4. The largest absolute Gasteiger partial charge is 0.299 e. The van der Waals surface area contributed by atoms with Gasteiger partial charge in [0, 0.05) is 0 Å². The van der Waals surface area contributed by atoms with E-state index >= 15 is 0 Å². The molecule has 206 valence electrons. The molecule has 0 aliphatic rings. The highest BCUT2D eigenvalue weighted by Gasteiger charge is 1.96. The summed E-state index contributed by atoms with van der Waals surface area (Å²) in [5, 5.41) is 0. The summed E-state index contributed by atoms with van der Waals surface area (Å²) in [5.74, 6) is 0. The molecule has 0 saturated heterocycles. The summed E-state index contributed by atoms with van der Waals surface area (Å²) >= 11 is 0. The summed E-state index contributed by atoms with van der Waals surface area (Å²) in [6.45, 7) is 2.30. The number of aldehydes is 1. The lowest BCUT2D eigenvalue weighted by Crippen LogP contribution is -1.84. The van der Waals surface area contributed by atoms with Crippen LogP contribution < -0.4 is 0 Å². The number of hydrogen-bond acceptors (Lipinski definition) is 1. The van der Waals surface area contributed by atoms with E-state index in [1.165, 1.54) is 179 Å². The summed E-state index contributed by atoms with van der Waals surface area (Å²) in [7, 11) is 0. The van der Waals surface area contributed by atoms with E-state index in [1.54, 1.807) is 0 Å². The van der Waals surface area contributed by atoms with Crippen LogP contribution in [0.15, 0.2) is 24.3 Å². The van der Waals surface area contributed by atoms with Crippen molar-refractivity contribution in [3.63, 3.8) is 0 Å². The highest BCUT2D eigenvalue weighted by Crippen LogP contribution is 2.16. The zero-order valence-electron chi connectivity index (χ0n) is 24.1. The summed E-state index contributed by atoms with van der Waals surface area (Å²) in [6, 6.07) is 0. The van der Waals surface area contributed by atoms with E-state index in [0.717, 1.165) is 12.7 Å². The fourth-order valence-corrected chi connectivity index (χ4v) is 5.04. The third kappa shape index (κ3) is 33.1. The van der Waals surface area contributed by atoms with Crippen LogP contribution in [0, 0.1) is 0 Å². The maximum Gasteiger partial charge on any atom is 0.142 e. The van der Waals surface area contributed by atoms with Crippen molar-refractivity contribution in [1.82, 2.24) is 0 Å². The van der Waals surface area contributed by atoms with Gasteiger partial charge < -0.3 is 0 Å². The lowest BCUT2D eigenvalue weighted by Gasteiger charge is -2.04. The normalized spacial score (nSPS) is 11.8. The zero-order valence-corrected chi connectivity index (χ0v) is 24.1. The van der Waals surface area contributed by atoms with Crippen molar-refractivity contribution in [1.29, 1.82) is 0 Å². The first kappa shape index (κ1) is 34.1. The van der Waals surface area contributed by atoms with Gasteiger partial charge in [-0.15, -0.1) is 0 Å². The maximum absolute atomic E-state index is 10.1. The van der Waals surface area contributed by atoms with Gasteiger partial charge in [0.1, 0.15) is 6.29 Å². The minimum atomic E-state index is 0.826. The van der Waals surface area contributed by atoms with Crippen molar-refractivity contribution < 1.29 is 4.79 Å². The summed E-state index contributed by atoms with van der Waals surface area (Å²) in [5.41, 5.74) is 0. The van der Waals surface area contributed by atoms with Gasteiger partial charge in [0.05, 0.1) is 0 Å². The maximum atomic E-state index is 10.1. The number of hydrogen-bond donors (Lipinski definition) is 0. The molecule has 0 unspecified atom stereocenters. The Bertz CT molecular complexity index is 436. The van der Waals surface area contributed by atoms with Gasteiger partial charge in [0.15, 0.2) is 0 Å². The van der Waals surface area contributed by atoms with Crippen molar-refractivity contribution in [2.45, 2.75) is 187 Å². The van der Waals surface area contributed by atoms with Crippen LogP contribution in [0.2, 0.25) is 0 Å². The van der Waals surface area contributed by atoms with Crippen molar-refractivity contribution in [2.24, 2.45) is 0 Å². The van der Waals surface area contributed by atoms with Crippen LogP contribution in [0.1, 0.15) is 187 Å². The van der Waals surface area contributed by atoms with Gasteiger partial charge in [-0.05, 0) is 18.9 Å². The summed E-state index contributed by atoms with van der Waals surface area (Å²) < 4.78 is 0. The number of carbonyl (C=O) groups excluding carboxylic acids is 1. The monoisotopic (exact) mass is 488 g/mol. The molecule has 0 aliphatic carbocycles. The Morgan fingerprint density at radius 3 is 0.914 bits per heavy atom. The average molecular weight is 489 g/mol. The van der Waals surface area contributed by atoms with Crippen molar-refractivity contribution in [3.05, 3.63) is 24.3 Å². The Morgan fingerprint density at radius 1 is 0.343 bits per heavy atom. The van der Waals surface area contributed by atoms with Crippen molar-refractivity contribution in [2.75, 3.05) is 0 Å². The summed E-state index contributed by atoms with van der Waals surface area (Å²) in [4.78, 5) is 10.1. The smallest absolute Gasteiger partial charge is 0.142 e. The van der Waals surface area contributed by atoms with Crippen molar-refractivity contribution >= 4 is 6.29 Å². The highest BCUT2D eigenvalue weighted by atomic mass is 16.1. The van der Waals surface area contributed by atoms with Crippen molar-refractivity contribution in [3.8, 4) is 0 Å². The second-order valence-corrected chi connectivity index (χ2v) is 10.9. The second kappa shape index (κ2) is 33.1. The van der Waals surface area contributed by atoms with Gasteiger partial charge in [0.2, 0.25) is 0 Å². The van der Waals surface area contributed by atoms with Gasteiger partial charge in [-0.3, -0.25) is 4.79 Å². The standard InChI is InChI=1S/C34H64O/c1-2-3-4-5-6-7-8-9-10-11-12-13-14-15-16-17-18-19-20-21-22-23-24-25-26-27-28-29-30-31-32-33-34-35/h30-34H,2-29H2,1H3/b31-30+,33-32+. The molecule has 1 nitrogen and oxygen atoms in total. The molecule has 0 radical (unpaired) electrons. The number of unbranched alkanes of at least 4 members (excludes halogenated alkanes) is 27. The number of rotatable bonds is 30. The fourth-order valence-electron chi connectivity index (χ4n) is 5.04. The van der Waals surface area contributed by atoms with Gasteiger partial charge in [-0.2, -0.15) is 0 Å². The van der Waals surface area contributed by atoms with Crippen LogP contribution in [-0.4, -0.2) is 6.29 Å². The molecule has 0 aliphatic heterocycles. The van der Waals surface area contributed by atoms with Gasteiger partial charge in [-0.25, -0.2) is 0 Å². The highest BCUT2D eigenvalue weighted by molar-refractivity contribution is 5.65. The second-order valence-electron chi connectivity index (χ2n) is 10.9. The van der Waals surface area contributed by atoms with Crippen LogP contribution in [0.5, 0.6) is 0 Å². The third-order valence-corrected chi connectivity index (χ3v) is 7.41. The van der Waals surface area contributed by atoms with E-state index in [0.29, 0.717) is 0 Å². The molecule has 0 fully saturated rings. The molecule has 0 N–H and O–H groups in total. The number of carbonyl (C=O) groups is 1. The quantitative estimate of drug-likeness (QED) is 0.0425. The molecule has 1 heteroatoms. The Balaban J connectivity index is 3.05. The van der Waals surface area contributed by atoms with Crippen LogP contribution >= 0.6 is 0 Å². The van der Waals surface area contributed by atoms with Gasteiger partial charge in [-0.1, -0.05) is 192 Å². The molecule has 0 spiro atoms. The molecule has 0 atom stereocenters. The van der Waals surface area contributed by atoms with E-state index in [9.17, 15) is 4.79 Å². The lowest BCUT2D eigenvalue weighted by molar-refractivity contribution is -0.104. The lowest BCUT2D eigenvalue weighted by atomic mass is 10.0. The van der Waals surface area contributed by atoms with Crippen LogP contribution in [-0.2, 0) is 4.79 Å². The average Bonchev–Trinajstić information content (AvgIpc) is 2.87. The molecule has 0 saturated carbocycles. The molecular formula is C34H64O. The van der Waals surface area contributed by atoms with E-state index in [2.05, 4.69) is 13.0 Å². The van der Waals surface area contributed by atoms with E-state index < -0.39 is 0 Å². The SMILES string of the molecule is CCCCCCCCCCCCCCCCCCCCCCCCCCCCC/C=C/C=C/C=O. The molecule has 35 heavy (non-hydrogen) atoms. The first-order valence-corrected chi connectivity index (χ1v) is 16.2. The molecule has 0 aromatic rings. The predicted octanol–water partition coefficient (Wildman–Crippen LogP) is 12.2. The van der Waals surface area contributed by atoms with Gasteiger partial charge in [0.25, 0.3) is 0 Å². The fraction of sp³-hybridized carbons (Fsp3) is 0.853. The Morgan fingerprint density at radius 2 is 0.629 bits per heavy atom. The molecular weight excluding hydrogens is 424 g/mol. The van der Waals surface area contributed by atoms with E-state index in [-0.39, 0.29) is 0 Å². The molecule has 0 bridgehead atoms. The molecule has 0 aromatic carbocycles. The minimum Gasteiger partial charge on any atom is -0.299 e. The van der Waals surface area contributed by atoms with Gasteiger partial charge >= 0.3 is 0 Å². The third-order valence-electron chi connectivity index (χ3n) is 7.41. The first-order chi connectivity index (χ1) is 17.4. The van der Waals surface area contributed by atoms with E-state index in [4.69, 9.17) is 0 Å². The Labute approximate surface area is 222 Å². The van der Waals surface area contributed by atoms with Crippen LogP contribution in [0.25, 0.3) is 0 Å². The van der Waals surface area contributed by atoms with E-state index in [1.807, 2.05) is 12.2 Å².